The zero-order valence-electron chi connectivity index (χ0n) is 7.89. The molecule has 1 aromatic rings. The summed E-state index contributed by atoms with van der Waals surface area (Å²) >= 11 is 1.11. The van der Waals surface area contributed by atoms with Gasteiger partial charge in [0, 0.05) is 11.6 Å². The fourth-order valence-electron chi connectivity index (χ4n) is 0.819. The van der Waals surface area contributed by atoms with E-state index in [0.29, 0.717) is 0 Å². The van der Waals surface area contributed by atoms with Gasteiger partial charge in [-0.3, -0.25) is 4.84 Å². The van der Waals surface area contributed by atoms with Crippen LogP contribution in [0.2, 0.25) is 0 Å². The van der Waals surface area contributed by atoms with Crippen molar-refractivity contribution >= 4 is 25.5 Å². The van der Waals surface area contributed by atoms with E-state index in [4.69, 9.17) is 4.52 Å². The van der Waals surface area contributed by atoms with Crippen LogP contribution in [0.5, 0.6) is 5.75 Å². The van der Waals surface area contributed by atoms with Crippen LogP contribution in [0.3, 0.4) is 0 Å². The Morgan fingerprint density at radius 1 is 1.53 bits per heavy atom. The topological polar surface area (TPSA) is 67.8 Å². The molecule has 0 bridgehead atoms. The fraction of sp³-hybridized carbons (Fsp3) is 0.125. The maximum atomic E-state index is 11.4. The normalized spacial score (nSPS) is 10.7. The SMILES string of the molecule is CONSPOC(=O)c1ccccc1O. The summed E-state index contributed by atoms with van der Waals surface area (Å²) in [5.41, 5.74) is 0.156. The molecule has 0 amide bonds. The molecule has 0 radical (unpaired) electrons. The van der Waals surface area contributed by atoms with Gasteiger partial charge >= 0.3 is 5.97 Å². The Labute approximate surface area is 92.9 Å². The van der Waals surface area contributed by atoms with E-state index in [2.05, 4.69) is 9.72 Å². The van der Waals surface area contributed by atoms with Gasteiger partial charge in [0.15, 0.2) is 8.01 Å². The maximum absolute atomic E-state index is 11.4. The van der Waals surface area contributed by atoms with Gasteiger partial charge in [-0.15, -0.1) is 4.89 Å². The number of carbonyl (C=O) groups excluding carboxylic acids is 1. The molecule has 15 heavy (non-hydrogen) atoms. The number of nitrogens with one attached hydrogen (secondary N) is 1. The molecule has 1 unspecified atom stereocenters. The Kier molecular flexibility index (Phi) is 5.42. The summed E-state index contributed by atoms with van der Waals surface area (Å²) in [5.74, 6) is -0.645. The Hall–Kier alpha value is -0.810. The van der Waals surface area contributed by atoms with Crippen molar-refractivity contribution in [3.05, 3.63) is 29.8 Å². The van der Waals surface area contributed by atoms with Crippen LogP contribution in [-0.2, 0) is 9.36 Å². The molecule has 0 aliphatic rings. The third-order valence-corrected chi connectivity index (χ3v) is 2.78. The number of para-hydroxylation sites is 1. The first-order chi connectivity index (χ1) is 7.25. The number of hydrogen-bond acceptors (Lipinski definition) is 6. The lowest BCUT2D eigenvalue weighted by Crippen LogP contribution is -2.00. The van der Waals surface area contributed by atoms with Gasteiger partial charge in [-0.2, -0.15) is 0 Å². The maximum Gasteiger partial charge on any atom is 0.345 e. The number of hydrogen-bond donors (Lipinski definition) is 2. The third kappa shape index (κ3) is 4.05. The number of benzene rings is 1. The summed E-state index contributed by atoms with van der Waals surface area (Å²) in [7, 11) is 1.32. The van der Waals surface area contributed by atoms with Gasteiger partial charge in [0.2, 0.25) is 0 Å². The largest absolute Gasteiger partial charge is 0.507 e. The van der Waals surface area contributed by atoms with Crippen molar-refractivity contribution in [1.82, 2.24) is 4.89 Å². The second-order valence-corrected chi connectivity index (χ2v) is 4.23. The molecule has 82 valence electrons. The summed E-state index contributed by atoms with van der Waals surface area (Å²) in [6.07, 6.45) is 0. The van der Waals surface area contributed by atoms with Crippen molar-refractivity contribution in [1.29, 1.82) is 0 Å². The molecule has 2 N–H and O–H groups in total. The summed E-state index contributed by atoms with van der Waals surface area (Å²) in [6.45, 7) is 0. The van der Waals surface area contributed by atoms with E-state index >= 15 is 0 Å². The molecule has 5 nitrogen and oxygen atoms in total. The van der Waals surface area contributed by atoms with E-state index in [9.17, 15) is 9.90 Å². The lowest BCUT2D eigenvalue weighted by Gasteiger charge is -2.04. The Bertz CT molecular complexity index is 336. The van der Waals surface area contributed by atoms with Crippen molar-refractivity contribution in [2.75, 3.05) is 7.11 Å². The number of rotatable bonds is 5. The fourth-order valence-corrected chi connectivity index (χ4v) is 1.87. The minimum atomic E-state index is -0.558. The van der Waals surface area contributed by atoms with Gasteiger partial charge in [0.1, 0.15) is 11.3 Å². The monoisotopic (exact) mass is 247 g/mol. The zero-order chi connectivity index (χ0) is 11.1. The first kappa shape index (κ1) is 12.3. The second-order valence-electron chi connectivity index (χ2n) is 2.38. The van der Waals surface area contributed by atoms with Gasteiger partial charge in [-0.05, 0) is 12.1 Å². The highest BCUT2D eigenvalue weighted by atomic mass is 32.7. The van der Waals surface area contributed by atoms with E-state index in [1.165, 1.54) is 19.2 Å². The predicted octanol–water partition coefficient (Wildman–Crippen LogP) is 1.86. The van der Waals surface area contributed by atoms with Crippen LogP contribution in [0.25, 0.3) is 0 Å². The molecule has 0 spiro atoms. The van der Waals surface area contributed by atoms with Gasteiger partial charge in [0.25, 0.3) is 0 Å². The number of carbonyl (C=O) groups is 1. The van der Waals surface area contributed by atoms with E-state index in [-0.39, 0.29) is 19.3 Å². The Balaban J connectivity index is 2.44. The molecule has 0 saturated heterocycles. The average molecular weight is 247 g/mol. The van der Waals surface area contributed by atoms with Crippen molar-refractivity contribution in [2.24, 2.45) is 0 Å². The lowest BCUT2D eigenvalue weighted by molar-refractivity contribution is 0.0760. The van der Waals surface area contributed by atoms with E-state index in [1.807, 2.05) is 0 Å². The molecule has 1 atom stereocenters. The predicted molar refractivity (Wildman–Crippen MR) is 59.6 cm³/mol. The lowest BCUT2D eigenvalue weighted by atomic mass is 10.2. The molecular weight excluding hydrogens is 237 g/mol. The summed E-state index contributed by atoms with van der Waals surface area (Å²) in [6, 6.07) is 6.21. The molecule has 0 aromatic heterocycles. The molecule has 0 aliphatic heterocycles. The summed E-state index contributed by atoms with van der Waals surface area (Å²) in [5, 5.41) is 9.34. The van der Waals surface area contributed by atoms with Crippen LogP contribution < -0.4 is 4.89 Å². The van der Waals surface area contributed by atoms with Gasteiger partial charge in [0.05, 0.1) is 7.11 Å². The Morgan fingerprint density at radius 3 is 2.93 bits per heavy atom. The molecular formula is C8H10NO4PS. The molecule has 1 aromatic carbocycles. The van der Waals surface area contributed by atoms with Gasteiger partial charge in [-0.25, -0.2) is 4.79 Å². The quantitative estimate of drug-likeness (QED) is 0.358. The highest BCUT2D eigenvalue weighted by Gasteiger charge is 2.11. The number of phenolic OH excluding ortho intramolecular Hbond substituents is 1. The number of aromatic hydroxyl groups is 1. The van der Waals surface area contributed by atoms with Crippen LogP contribution in [0, 0.1) is 0 Å². The van der Waals surface area contributed by atoms with E-state index in [0.717, 1.165) is 11.6 Å². The minimum absolute atomic E-state index is 0.0861. The van der Waals surface area contributed by atoms with Crippen LogP contribution in [-0.4, -0.2) is 18.2 Å². The smallest absolute Gasteiger partial charge is 0.345 e. The molecule has 0 saturated carbocycles. The average Bonchev–Trinajstić information content (AvgIpc) is 2.25. The van der Waals surface area contributed by atoms with Crippen LogP contribution >= 0.6 is 19.6 Å². The molecule has 1 rings (SSSR count). The number of phenols is 1. The summed E-state index contributed by atoms with van der Waals surface area (Å²) in [4.78, 5) is 18.4. The highest BCUT2D eigenvalue weighted by Crippen LogP contribution is 2.29. The van der Waals surface area contributed by atoms with Crippen molar-refractivity contribution < 1.29 is 19.3 Å². The Morgan fingerprint density at radius 2 is 2.27 bits per heavy atom. The third-order valence-electron chi connectivity index (χ3n) is 1.42. The van der Waals surface area contributed by atoms with E-state index < -0.39 is 5.97 Å². The summed E-state index contributed by atoms with van der Waals surface area (Å²) < 4.78 is 4.86. The van der Waals surface area contributed by atoms with Crippen LogP contribution in [0.15, 0.2) is 24.3 Å². The minimum Gasteiger partial charge on any atom is -0.507 e. The van der Waals surface area contributed by atoms with Gasteiger partial charge in [-0.1, -0.05) is 12.1 Å². The molecule has 0 fully saturated rings. The molecule has 0 heterocycles. The molecule has 7 heteroatoms. The standard InChI is InChI=1S/C8H10NO4PS/c1-12-9-15-14-13-8(11)6-4-2-3-5-7(6)10/h2-5,9-10,14H,1H3. The first-order valence-electron chi connectivity index (χ1n) is 3.93. The van der Waals surface area contributed by atoms with Crippen molar-refractivity contribution in [3.63, 3.8) is 0 Å². The van der Waals surface area contributed by atoms with Crippen molar-refractivity contribution in [2.45, 2.75) is 0 Å². The molecule has 0 aliphatic carbocycles. The second kappa shape index (κ2) is 6.63. The van der Waals surface area contributed by atoms with Crippen molar-refractivity contribution in [3.8, 4) is 5.75 Å². The zero-order valence-corrected chi connectivity index (χ0v) is 9.71. The van der Waals surface area contributed by atoms with Crippen LogP contribution in [0.4, 0.5) is 0 Å². The van der Waals surface area contributed by atoms with Crippen LogP contribution in [0.1, 0.15) is 10.4 Å². The van der Waals surface area contributed by atoms with E-state index in [1.54, 1.807) is 12.1 Å². The first-order valence-corrected chi connectivity index (χ1v) is 6.38. The highest BCUT2D eigenvalue weighted by molar-refractivity contribution is 8.47. The van der Waals surface area contributed by atoms with Gasteiger partial charge < -0.3 is 9.63 Å².